The number of hydrogen-bond acceptors (Lipinski definition) is 5. The normalized spacial score (nSPS) is 22.4. The van der Waals surface area contributed by atoms with E-state index in [-0.39, 0.29) is 16.9 Å². The number of nitrogens with one attached hydrogen (secondary N) is 2. The van der Waals surface area contributed by atoms with Crippen molar-refractivity contribution in [2.24, 2.45) is 5.92 Å². The Balaban J connectivity index is 2.18. The van der Waals surface area contributed by atoms with Gasteiger partial charge in [0.2, 0.25) is 10.0 Å². The molecule has 1 heterocycles. The van der Waals surface area contributed by atoms with E-state index in [1.165, 1.54) is 18.2 Å². The average molecular weight is 309 g/mol. The molecule has 0 aliphatic carbocycles. The van der Waals surface area contributed by atoms with Gasteiger partial charge >= 0.3 is 5.97 Å². The molecular weight excluding hydrogens is 294 g/mol. The van der Waals surface area contributed by atoms with E-state index < -0.39 is 28.0 Å². The predicted molar refractivity (Wildman–Crippen MR) is 73.9 cm³/mol. The summed E-state index contributed by atoms with van der Waals surface area (Å²) in [5.74, 6) is -1.58. The zero-order chi connectivity index (χ0) is 15.5. The SMILES string of the molecule is N#Cc1ccccc1S(=O)(=O)N[C@H]1CNC[C@@H](C(=O)O)C1. The molecule has 0 amide bonds. The van der Waals surface area contributed by atoms with Gasteiger partial charge in [-0.05, 0) is 18.6 Å². The molecule has 2 atom stereocenters. The number of sulfonamides is 1. The van der Waals surface area contributed by atoms with Gasteiger partial charge in [0.05, 0.1) is 16.4 Å². The van der Waals surface area contributed by atoms with Crippen LogP contribution in [0, 0.1) is 17.2 Å². The standard InChI is InChI=1S/C13H15N3O4S/c14-6-9-3-1-2-4-12(9)21(19,20)16-11-5-10(13(17)18)7-15-8-11/h1-4,10-11,15-16H,5,7-8H2,(H,17,18)/t10-,11+/m0/s1. The van der Waals surface area contributed by atoms with Crippen LogP contribution >= 0.6 is 0 Å². The Morgan fingerprint density at radius 1 is 1.38 bits per heavy atom. The lowest BCUT2D eigenvalue weighted by atomic mass is 9.97. The third-order valence-corrected chi connectivity index (χ3v) is 4.90. The lowest BCUT2D eigenvalue weighted by Crippen LogP contribution is -2.50. The highest BCUT2D eigenvalue weighted by molar-refractivity contribution is 7.89. The maximum atomic E-state index is 12.3. The van der Waals surface area contributed by atoms with E-state index in [4.69, 9.17) is 10.4 Å². The van der Waals surface area contributed by atoms with Gasteiger partial charge in [0.25, 0.3) is 0 Å². The number of benzene rings is 1. The third-order valence-electron chi connectivity index (χ3n) is 3.32. The minimum absolute atomic E-state index is 0.0588. The maximum absolute atomic E-state index is 12.3. The van der Waals surface area contributed by atoms with Gasteiger partial charge in [-0.15, -0.1) is 0 Å². The van der Waals surface area contributed by atoms with Crippen LogP contribution in [0.2, 0.25) is 0 Å². The molecule has 1 saturated heterocycles. The van der Waals surface area contributed by atoms with Gasteiger partial charge in [-0.3, -0.25) is 4.79 Å². The number of aliphatic carboxylic acids is 1. The minimum atomic E-state index is -3.86. The van der Waals surface area contributed by atoms with Crippen LogP contribution in [-0.2, 0) is 14.8 Å². The number of carboxylic acid groups (broad SMARTS) is 1. The lowest BCUT2D eigenvalue weighted by molar-refractivity contribution is -0.142. The van der Waals surface area contributed by atoms with E-state index in [1.807, 2.05) is 6.07 Å². The summed E-state index contributed by atoms with van der Waals surface area (Å²) in [6.07, 6.45) is 0.219. The Hall–Kier alpha value is -1.95. The molecule has 0 bridgehead atoms. The van der Waals surface area contributed by atoms with Gasteiger partial charge in [0, 0.05) is 19.1 Å². The highest BCUT2D eigenvalue weighted by Gasteiger charge is 2.30. The summed E-state index contributed by atoms with van der Waals surface area (Å²) in [4.78, 5) is 10.9. The second-order valence-corrected chi connectivity index (χ2v) is 6.54. The predicted octanol–water partition coefficient (Wildman–Crippen LogP) is -0.101. The first-order valence-electron chi connectivity index (χ1n) is 6.39. The van der Waals surface area contributed by atoms with Crippen molar-refractivity contribution in [2.45, 2.75) is 17.4 Å². The van der Waals surface area contributed by atoms with E-state index in [0.717, 1.165) is 0 Å². The van der Waals surface area contributed by atoms with E-state index in [1.54, 1.807) is 6.07 Å². The summed E-state index contributed by atoms with van der Waals surface area (Å²) in [5.41, 5.74) is 0.0588. The van der Waals surface area contributed by atoms with Gasteiger partial charge in [-0.2, -0.15) is 5.26 Å². The highest BCUT2D eigenvalue weighted by atomic mass is 32.2. The molecule has 7 nitrogen and oxygen atoms in total. The molecule has 21 heavy (non-hydrogen) atoms. The van der Waals surface area contributed by atoms with Crippen LogP contribution in [0.1, 0.15) is 12.0 Å². The highest BCUT2D eigenvalue weighted by Crippen LogP contribution is 2.17. The van der Waals surface area contributed by atoms with E-state index >= 15 is 0 Å². The molecule has 112 valence electrons. The first kappa shape index (κ1) is 15.4. The Labute approximate surface area is 122 Å². The van der Waals surface area contributed by atoms with Crippen LogP contribution in [0.25, 0.3) is 0 Å². The second kappa shape index (κ2) is 6.22. The molecule has 1 aromatic rings. The summed E-state index contributed by atoms with van der Waals surface area (Å²) in [6, 6.07) is 7.22. The van der Waals surface area contributed by atoms with Crippen molar-refractivity contribution < 1.29 is 18.3 Å². The summed E-state index contributed by atoms with van der Waals surface area (Å²) >= 11 is 0. The molecule has 1 aliphatic rings. The second-order valence-electron chi connectivity index (χ2n) is 4.86. The molecule has 0 unspecified atom stereocenters. The largest absolute Gasteiger partial charge is 0.481 e. The van der Waals surface area contributed by atoms with Crippen LogP contribution in [0.5, 0.6) is 0 Å². The number of carboxylic acids is 1. The van der Waals surface area contributed by atoms with Crippen molar-refractivity contribution in [3.05, 3.63) is 29.8 Å². The first-order valence-corrected chi connectivity index (χ1v) is 7.87. The van der Waals surface area contributed by atoms with Crippen molar-refractivity contribution >= 4 is 16.0 Å². The van der Waals surface area contributed by atoms with Gasteiger partial charge in [-0.1, -0.05) is 12.1 Å². The molecular formula is C13H15N3O4S. The third kappa shape index (κ3) is 3.58. The first-order chi connectivity index (χ1) is 9.94. The van der Waals surface area contributed by atoms with E-state index in [2.05, 4.69) is 10.0 Å². The maximum Gasteiger partial charge on any atom is 0.307 e. The Bertz CT molecular complexity index is 681. The van der Waals surface area contributed by atoms with E-state index in [0.29, 0.717) is 13.1 Å². The number of hydrogen-bond donors (Lipinski definition) is 3. The molecule has 0 aromatic heterocycles. The van der Waals surface area contributed by atoms with Crippen LogP contribution in [-0.4, -0.2) is 38.6 Å². The molecule has 1 aliphatic heterocycles. The van der Waals surface area contributed by atoms with Crippen molar-refractivity contribution in [1.82, 2.24) is 10.0 Å². The average Bonchev–Trinajstić information content (AvgIpc) is 2.47. The minimum Gasteiger partial charge on any atom is -0.481 e. The summed E-state index contributed by atoms with van der Waals surface area (Å²) in [5, 5.41) is 20.9. The van der Waals surface area contributed by atoms with Crippen molar-refractivity contribution in [1.29, 1.82) is 5.26 Å². The topological polar surface area (TPSA) is 119 Å². The monoisotopic (exact) mass is 309 g/mol. The number of rotatable bonds is 4. The van der Waals surface area contributed by atoms with Crippen LogP contribution in [0.3, 0.4) is 0 Å². The molecule has 0 saturated carbocycles. The zero-order valence-corrected chi connectivity index (χ0v) is 11.9. The van der Waals surface area contributed by atoms with Gasteiger partial charge in [-0.25, -0.2) is 13.1 Å². The summed E-state index contributed by atoms with van der Waals surface area (Å²) in [7, 11) is -3.86. The molecule has 0 spiro atoms. The van der Waals surface area contributed by atoms with Crippen LogP contribution in [0.4, 0.5) is 0 Å². The van der Waals surface area contributed by atoms with Crippen LogP contribution < -0.4 is 10.0 Å². The molecule has 8 heteroatoms. The van der Waals surface area contributed by atoms with E-state index in [9.17, 15) is 13.2 Å². The summed E-state index contributed by atoms with van der Waals surface area (Å²) < 4.78 is 27.1. The quantitative estimate of drug-likeness (QED) is 0.714. The van der Waals surface area contributed by atoms with Gasteiger partial charge in [0.15, 0.2) is 0 Å². The van der Waals surface area contributed by atoms with Crippen molar-refractivity contribution in [2.75, 3.05) is 13.1 Å². The zero-order valence-electron chi connectivity index (χ0n) is 11.1. The van der Waals surface area contributed by atoms with Crippen LogP contribution in [0.15, 0.2) is 29.2 Å². The smallest absolute Gasteiger partial charge is 0.307 e. The fraction of sp³-hybridized carbons (Fsp3) is 0.385. The molecule has 0 radical (unpaired) electrons. The fourth-order valence-electron chi connectivity index (χ4n) is 2.30. The van der Waals surface area contributed by atoms with Gasteiger partial charge in [0.1, 0.15) is 6.07 Å². The number of nitrogens with zero attached hydrogens (tertiary/aromatic N) is 1. The van der Waals surface area contributed by atoms with Gasteiger partial charge < -0.3 is 10.4 Å². The Kier molecular flexibility index (Phi) is 4.57. The fourth-order valence-corrected chi connectivity index (χ4v) is 3.70. The molecule has 1 aromatic carbocycles. The summed E-state index contributed by atoms with van der Waals surface area (Å²) in [6.45, 7) is 0.681. The van der Waals surface area contributed by atoms with Crippen molar-refractivity contribution in [3.8, 4) is 6.07 Å². The Morgan fingerprint density at radius 2 is 2.10 bits per heavy atom. The number of piperidine rings is 1. The lowest BCUT2D eigenvalue weighted by Gasteiger charge is -2.28. The molecule has 2 rings (SSSR count). The Morgan fingerprint density at radius 3 is 2.76 bits per heavy atom. The number of nitriles is 1. The molecule has 3 N–H and O–H groups in total. The number of carbonyl (C=O) groups is 1. The van der Waals surface area contributed by atoms with Crippen molar-refractivity contribution in [3.63, 3.8) is 0 Å². The molecule has 1 fully saturated rings.